The van der Waals surface area contributed by atoms with Gasteiger partial charge < -0.3 is 5.32 Å². The number of hydrogen-bond donors (Lipinski definition) is 1. The van der Waals surface area contributed by atoms with Crippen molar-refractivity contribution in [2.24, 2.45) is 17.3 Å². The van der Waals surface area contributed by atoms with Crippen molar-refractivity contribution in [1.82, 2.24) is 5.32 Å². The maximum Gasteiger partial charge on any atom is 0.0392 e. The van der Waals surface area contributed by atoms with E-state index in [0.717, 1.165) is 0 Å². The molecule has 0 saturated heterocycles. The maximum absolute atomic E-state index is 7.40. The van der Waals surface area contributed by atoms with E-state index in [-0.39, 0.29) is 23.4 Å². The molecule has 3 atom stereocenters. The molecule has 2 heteroatoms. The molecule has 0 unspecified atom stereocenters. The van der Waals surface area contributed by atoms with Crippen molar-refractivity contribution in [2.75, 3.05) is 6.98 Å². The van der Waals surface area contributed by atoms with Gasteiger partial charge in [0.1, 0.15) is 0 Å². The molecule has 0 aromatic carbocycles. The van der Waals surface area contributed by atoms with Crippen LogP contribution in [0.4, 0.5) is 0 Å². The molecule has 2 aliphatic rings. The molecule has 0 aliphatic heterocycles. The molecule has 2 saturated carbocycles. The Balaban J connectivity index is 0.00000128. The standard InChI is InChI=1S/C11H21N.ClH/c1-10(2)8-5-6-9(7-8)11(10,3)12-4;/h8-9,12H,5-7H2,1-4H3;1H/t8-,9+,11-;/m1./s1/i4D3;. The van der Waals surface area contributed by atoms with Crippen LogP contribution >= 0.6 is 12.4 Å². The minimum atomic E-state index is -2.02. The van der Waals surface area contributed by atoms with Gasteiger partial charge >= 0.3 is 0 Å². The lowest BCUT2D eigenvalue weighted by Crippen LogP contribution is -2.55. The van der Waals surface area contributed by atoms with Crippen LogP contribution in [0.25, 0.3) is 0 Å². The van der Waals surface area contributed by atoms with Gasteiger partial charge in [-0.15, -0.1) is 12.4 Å². The smallest absolute Gasteiger partial charge is 0.0392 e. The molecular formula is C11H22ClN. The highest BCUT2D eigenvalue weighted by atomic mass is 35.5. The second kappa shape index (κ2) is 3.13. The number of halogens is 1. The quantitative estimate of drug-likeness (QED) is 0.696. The van der Waals surface area contributed by atoms with Gasteiger partial charge in [-0.2, -0.15) is 0 Å². The Morgan fingerprint density at radius 2 is 1.85 bits per heavy atom. The van der Waals surface area contributed by atoms with Gasteiger partial charge in [-0.3, -0.25) is 0 Å². The molecule has 2 fully saturated rings. The summed E-state index contributed by atoms with van der Waals surface area (Å²) in [6.07, 6.45) is 3.66. The largest absolute Gasteiger partial charge is 0.314 e. The fourth-order valence-corrected chi connectivity index (χ4v) is 3.37. The summed E-state index contributed by atoms with van der Waals surface area (Å²) in [7, 11) is 0. The minimum absolute atomic E-state index is 0. The van der Waals surface area contributed by atoms with E-state index in [1.54, 1.807) is 0 Å². The van der Waals surface area contributed by atoms with Crippen LogP contribution in [0, 0.1) is 17.3 Å². The van der Waals surface area contributed by atoms with Crippen molar-refractivity contribution in [3.05, 3.63) is 0 Å². The molecule has 0 aromatic rings. The Bertz CT molecular complexity index is 277. The van der Waals surface area contributed by atoms with Gasteiger partial charge in [0.15, 0.2) is 0 Å². The summed E-state index contributed by atoms with van der Waals surface area (Å²) >= 11 is 0. The average Bonchev–Trinajstić information content (AvgIpc) is 2.52. The Morgan fingerprint density at radius 3 is 2.31 bits per heavy atom. The fraction of sp³-hybridized carbons (Fsp3) is 1.00. The van der Waals surface area contributed by atoms with Crippen LogP contribution in [-0.2, 0) is 0 Å². The molecule has 0 heterocycles. The van der Waals surface area contributed by atoms with Crippen LogP contribution in [0.2, 0.25) is 0 Å². The van der Waals surface area contributed by atoms with Crippen LogP contribution in [-0.4, -0.2) is 12.5 Å². The summed E-state index contributed by atoms with van der Waals surface area (Å²) in [5.74, 6) is 1.24. The summed E-state index contributed by atoms with van der Waals surface area (Å²) in [6.45, 7) is 4.52. The van der Waals surface area contributed by atoms with Crippen LogP contribution in [0.5, 0.6) is 0 Å². The molecule has 2 aliphatic carbocycles. The summed E-state index contributed by atoms with van der Waals surface area (Å²) < 4.78 is 22.2. The zero-order valence-electron chi connectivity index (χ0n) is 11.7. The molecular weight excluding hydrogens is 182 g/mol. The summed E-state index contributed by atoms with van der Waals surface area (Å²) in [5, 5.41) is 2.92. The van der Waals surface area contributed by atoms with Crippen molar-refractivity contribution in [1.29, 1.82) is 0 Å². The lowest BCUT2D eigenvalue weighted by molar-refractivity contribution is 0.0732. The minimum Gasteiger partial charge on any atom is -0.314 e. The van der Waals surface area contributed by atoms with Gasteiger partial charge in [0.25, 0.3) is 0 Å². The summed E-state index contributed by atoms with van der Waals surface area (Å²) in [4.78, 5) is 0. The first-order valence-electron chi connectivity index (χ1n) is 6.46. The highest BCUT2D eigenvalue weighted by Crippen LogP contribution is 2.60. The summed E-state index contributed by atoms with van der Waals surface area (Å²) in [5.41, 5.74) is -0.120. The Hall–Kier alpha value is 0.250. The first kappa shape index (κ1) is 7.53. The lowest BCUT2D eigenvalue weighted by Gasteiger charge is -2.47. The number of nitrogens with one attached hydrogen (secondary N) is 1. The lowest BCUT2D eigenvalue weighted by atomic mass is 9.64. The van der Waals surface area contributed by atoms with Crippen molar-refractivity contribution in [3.8, 4) is 0 Å². The Labute approximate surface area is 92.3 Å². The van der Waals surface area contributed by atoms with Crippen LogP contribution in [0.15, 0.2) is 0 Å². The summed E-state index contributed by atoms with van der Waals surface area (Å²) in [6, 6.07) is 0. The Kier molecular flexibility index (Phi) is 1.81. The van der Waals surface area contributed by atoms with Gasteiger partial charge in [0.05, 0.1) is 0 Å². The number of rotatable bonds is 1. The van der Waals surface area contributed by atoms with E-state index in [0.29, 0.717) is 11.8 Å². The second-order valence-corrected chi connectivity index (χ2v) is 5.26. The third-order valence-electron chi connectivity index (χ3n) is 4.87. The van der Waals surface area contributed by atoms with E-state index >= 15 is 0 Å². The van der Waals surface area contributed by atoms with Crippen LogP contribution < -0.4 is 5.32 Å². The van der Waals surface area contributed by atoms with Crippen LogP contribution in [0.3, 0.4) is 0 Å². The maximum atomic E-state index is 7.40. The van der Waals surface area contributed by atoms with Crippen molar-refractivity contribution in [3.63, 3.8) is 0 Å². The fourth-order valence-electron chi connectivity index (χ4n) is 3.37. The van der Waals surface area contributed by atoms with Gasteiger partial charge in [-0.1, -0.05) is 13.8 Å². The van der Waals surface area contributed by atoms with Crippen molar-refractivity contribution < 1.29 is 4.11 Å². The van der Waals surface area contributed by atoms with Crippen LogP contribution in [0.1, 0.15) is 44.1 Å². The van der Waals surface area contributed by atoms with Gasteiger partial charge in [0.2, 0.25) is 0 Å². The van der Waals surface area contributed by atoms with E-state index in [2.05, 4.69) is 26.1 Å². The molecule has 2 rings (SSSR count). The number of hydrogen-bond acceptors (Lipinski definition) is 1. The molecule has 13 heavy (non-hydrogen) atoms. The second-order valence-electron chi connectivity index (χ2n) is 5.26. The zero-order valence-corrected chi connectivity index (χ0v) is 9.50. The molecule has 0 amide bonds. The van der Waals surface area contributed by atoms with E-state index in [9.17, 15) is 0 Å². The highest BCUT2D eigenvalue weighted by molar-refractivity contribution is 5.85. The molecule has 0 radical (unpaired) electrons. The van der Waals surface area contributed by atoms with Gasteiger partial charge in [0, 0.05) is 9.65 Å². The highest BCUT2D eigenvalue weighted by Gasteiger charge is 2.59. The molecule has 1 N–H and O–H groups in total. The SMILES string of the molecule is Cl.[2H]C([2H])([2H])N[C@]1(C)[C@H]2CC[C@H](C2)C1(C)C. The molecule has 1 nitrogen and oxygen atoms in total. The predicted octanol–water partition coefficient (Wildman–Crippen LogP) is 2.84. The molecule has 78 valence electrons. The normalized spacial score (nSPS) is 50.5. The topological polar surface area (TPSA) is 12.0 Å². The van der Waals surface area contributed by atoms with Crippen molar-refractivity contribution in [2.45, 2.75) is 45.6 Å². The first-order chi connectivity index (χ1) is 6.67. The van der Waals surface area contributed by atoms with E-state index in [1.807, 2.05) is 0 Å². The third-order valence-corrected chi connectivity index (χ3v) is 4.87. The van der Waals surface area contributed by atoms with Gasteiger partial charge in [-0.05, 0) is 50.4 Å². The van der Waals surface area contributed by atoms with E-state index in [4.69, 9.17) is 4.11 Å². The number of fused-ring (bicyclic) bond motifs is 2. The third kappa shape index (κ3) is 1.16. The van der Waals surface area contributed by atoms with E-state index < -0.39 is 6.98 Å². The molecule has 0 aromatic heterocycles. The zero-order chi connectivity index (χ0) is 11.5. The average molecular weight is 207 g/mol. The molecule has 2 bridgehead atoms. The van der Waals surface area contributed by atoms with Crippen molar-refractivity contribution >= 4 is 12.4 Å². The van der Waals surface area contributed by atoms with Gasteiger partial charge in [-0.25, -0.2) is 0 Å². The first-order valence-corrected chi connectivity index (χ1v) is 4.96. The van der Waals surface area contributed by atoms with E-state index in [1.165, 1.54) is 19.3 Å². The monoisotopic (exact) mass is 206 g/mol. The Morgan fingerprint density at radius 1 is 1.23 bits per heavy atom. The molecule has 0 spiro atoms. The predicted molar refractivity (Wildman–Crippen MR) is 59.3 cm³/mol.